The minimum atomic E-state index is -0.232. The molecule has 1 N–H and O–H groups in total. The highest BCUT2D eigenvalue weighted by atomic mass is 16.3. The monoisotopic (exact) mass is 236 g/mol. The average Bonchev–Trinajstić information content (AvgIpc) is 2.39. The van der Waals surface area contributed by atoms with Gasteiger partial charge in [0.15, 0.2) is 5.78 Å². The van der Waals surface area contributed by atoms with Crippen LogP contribution in [0.3, 0.4) is 0 Å². The van der Waals surface area contributed by atoms with Crippen LogP contribution in [0.5, 0.6) is 5.75 Å². The number of carbonyl (C=O) groups excluding carboxylic acids is 1. The van der Waals surface area contributed by atoms with Crippen molar-refractivity contribution < 1.29 is 9.90 Å². The number of benzene rings is 2. The molecule has 88 valence electrons. The summed E-state index contributed by atoms with van der Waals surface area (Å²) in [5.41, 5.74) is 2.41. The Morgan fingerprint density at radius 1 is 1.17 bits per heavy atom. The molecule has 2 aromatic rings. The summed E-state index contributed by atoms with van der Waals surface area (Å²) in [6.07, 6.45) is 5.28. The minimum Gasteiger partial charge on any atom is -0.507 e. The molecular formula is C16H12O2. The summed E-state index contributed by atoms with van der Waals surface area (Å²) in [4.78, 5) is 12.2. The number of hydrogen-bond donors (Lipinski definition) is 1. The molecule has 2 rings (SSSR count). The fourth-order valence-electron chi connectivity index (χ4n) is 1.67. The van der Waals surface area contributed by atoms with Gasteiger partial charge < -0.3 is 5.11 Å². The third-order valence-electron chi connectivity index (χ3n) is 2.72. The van der Waals surface area contributed by atoms with E-state index in [1.54, 1.807) is 18.2 Å². The van der Waals surface area contributed by atoms with Crippen molar-refractivity contribution >= 4 is 5.78 Å². The lowest BCUT2D eigenvalue weighted by Gasteiger charge is -2.05. The number of rotatable bonds is 2. The Labute approximate surface area is 106 Å². The molecule has 0 aliphatic rings. The van der Waals surface area contributed by atoms with E-state index in [2.05, 4.69) is 5.92 Å². The molecule has 0 aliphatic heterocycles. The van der Waals surface area contributed by atoms with Crippen molar-refractivity contribution in [2.45, 2.75) is 6.92 Å². The van der Waals surface area contributed by atoms with E-state index in [9.17, 15) is 9.90 Å². The molecule has 0 aromatic heterocycles. The highest BCUT2D eigenvalue weighted by Gasteiger charge is 2.13. The number of phenols is 1. The first-order valence-corrected chi connectivity index (χ1v) is 5.53. The zero-order valence-electron chi connectivity index (χ0n) is 9.97. The SMILES string of the molecule is C#Cc1ccc(O)c(C(=O)c2ccc(C)cc2)c1. The van der Waals surface area contributed by atoms with E-state index in [4.69, 9.17) is 6.42 Å². The summed E-state index contributed by atoms with van der Waals surface area (Å²) in [7, 11) is 0. The van der Waals surface area contributed by atoms with Gasteiger partial charge >= 0.3 is 0 Å². The lowest BCUT2D eigenvalue weighted by molar-refractivity contribution is 0.103. The van der Waals surface area contributed by atoms with Crippen molar-refractivity contribution in [1.82, 2.24) is 0 Å². The van der Waals surface area contributed by atoms with Gasteiger partial charge in [-0.25, -0.2) is 0 Å². The second-order valence-electron chi connectivity index (χ2n) is 4.07. The number of carbonyl (C=O) groups is 1. The van der Waals surface area contributed by atoms with Gasteiger partial charge in [0, 0.05) is 11.1 Å². The van der Waals surface area contributed by atoms with Gasteiger partial charge in [0.05, 0.1) is 5.56 Å². The van der Waals surface area contributed by atoms with E-state index in [1.165, 1.54) is 12.1 Å². The maximum Gasteiger partial charge on any atom is 0.196 e. The van der Waals surface area contributed by atoms with E-state index in [-0.39, 0.29) is 17.1 Å². The van der Waals surface area contributed by atoms with Crippen LogP contribution in [0.4, 0.5) is 0 Å². The first-order chi connectivity index (χ1) is 8.61. The topological polar surface area (TPSA) is 37.3 Å². The lowest BCUT2D eigenvalue weighted by Crippen LogP contribution is -2.02. The molecule has 0 bridgehead atoms. The number of phenolic OH excluding ortho intramolecular Hbond substituents is 1. The normalized spacial score (nSPS) is 9.78. The molecular weight excluding hydrogens is 224 g/mol. The molecule has 0 unspecified atom stereocenters. The van der Waals surface area contributed by atoms with Crippen molar-refractivity contribution in [3.05, 3.63) is 64.7 Å². The molecule has 0 saturated heterocycles. The summed E-state index contributed by atoms with van der Waals surface area (Å²) in [5.74, 6) is 2.16. The van der Waals surface area contributed by atoms with Gasteiger partial charge in [-0.3, -0.25) is 4.79 Å². The second kappa shape index (κ2) is 4.77. The fourth-order valence-corrected chi connectivity index (χ4v) is 1.67. The van der Waals surface area contributed by atoms with Crippen LogP contribution in [-0.2, 0) is 0 Å². The Balaban J connectivity index is 2.46. The molecule has 0 spiro atoms. The van der Waals surface area contributed by atoms with Crippen LogP contribution < -0.4 is 0 Å². The van der Waals surface area contributed by atoms with Crippen molar-refractivity contribution in [3.8, 4) is 18.1 Å². The third-order valence-corrected chi connectivity index (χ3v) is 2.72. The van der Waals surface area contributed by atoms with E-state index < -0.39 is 0 Å². The van der Waals surface area contributed by atoms with Crippen LogP contribution in [0.2, 0.25) is 0 Å². The fraction of sp³-hybridized carbons (Fsp3) is 0.0625. The molecule has 0 fully saturated rings. The highest BCUT2D eigenvalue weighted by Crippen LogP contribution is 2.21. The van der Waals surface area contributed by atoms with Crippen molar-refractivity contribution in [3.63, 3.8) is 0 Å². The molecule has 2 aromatic carbocycles. The van der Waals surface area contributed by atoms with Gasteiger partial charge in [0.25, 0.3) is 0 Å². The van der Waals surface area contributed by atoms with E-state index in [0.717, 1.165) is 5.56 Å². The molecule has 2 nitrogen and oxygen atoms in total. The minimum absolute atomic E-state index is 0.0559. The summed E-state index contributed by atoms with van der Waals surface area (Å²) in [6, 6.07) is 11.7. The maximum absolute atomic E-state index is 12.2. The Kier molecular flexibility index (Phi) is 3.16. The number of hydrogen-bond acceptors (Lipinski definition) is 2. The summed E-state index contributed by atoms with van der Waals surface area (Å²) >= 11 is 0. The summed E-state index contributed by atoms with van der Waals surface area (Å²) in [6.45, 7) is 1.95. The predicted octanol–water partition coefficient (Wildman–Crippen LogP) is 2.91. The number of aryl methyl sites for hydroxylation is 1. The molecule has 0 radical (unpaired) electrons. The van der Waals surface area contributed by atoms with Crippen molar-refractivity contribution in [1.29, 1.82) is 0 Å². The van der Waals surface area contributed by atoms with Crippen LogP contribution >= 0.6 is 0 Å². The third kappa shape index (κ3) is 2.26. The second-order valence-corrected chi connectivity index (χ2v) is 4.07. The van der Waals surface area contributed by atoms with Crippen LogP contribution in [0, 0.1) is 19.3 Å². The van der Waals surface area contributed by atoms with Gasteiger partial charge in [-0.15, -0.1) is 6.42 Å². The summed E-state index contributed by atoms with van der Waals surface area (Å²) < 4.78 is 0. The molecule has 0 heterocycles. The Hall–Kier alpha value is -2.53. The average molecular weight is 236 g/mol. The van der Waals surface area contributed by atoms with Crippen molar-refractivity contribution in [2.75, 3.05) is 0 Å². The Bertz CT molecular complexity index is 631. The van der Waals surface area contributed by atoms with Crippen molar-refractivity contribution in [2.24, 2.45) is 0 Å². The van der Waals surface area contributed by atoms with Crippen LogP contribution in [0.25, 0.3) is 0 Å². The number of ketones is 1. The van der Waals surface area contributed by atoms with Gasteiger partial charge in [0.1, 0.15) is 5.75 Å². The zero-order chi connectivity index (χ0) is 13.1. The van der Waals surface area contributed by atoms with Gasteiger partial charge in [-0.2, -0.15) is 0 Å². The first-order valence-electron chi connectivity index (χ1n) is 5.53. The molecule has 0 saturated carbocycles. The molecule has 2 heteroatoms. The largest absolute Gasteiger partial charge is 0.507 e. The molecule has 18 heavy (non-hydrogen) atoms. The maximum atomic E-state index is 12.2. The van der Waals surface area contributed by atoms with Gasteiger partial charge in [0.2, 0.25) is 0 Å². The van der Waals surface area contributed by atoms with E-state index in [0.29, 0.717) is 11.1 Å². The molecule has 0 atom stereocenters. The Morgan fingerprint density at radius 2 is 1.83 bits per heavy atom. The Morgan fingerprint density at radius 3 is 2.44 bits per heavy atom. The molecule has 0 amide bonds. The van der Waals surface area contributed by atoms with Gasteiger partial charge in [-0.05, 0) is 25.1 Å². The summed E-state index contributed by atoms with van der Waals surface area (Å²) in [5, 5.41) is 9.73. The van der Waals surface area contributed by atoms with Crippen LogP contribution in [0.1, 0.15) is 27.0 Å². The smallest absolute Gasteiger partial charge is 0.196 e. The van der Waals surface area contributed by atoms with Crippen LogP contribution in [0.15, 0.2) is 42.5 Å². The quantitative estimate of drug-likeness (QED) is 0.643. The van der Waals surface area contributed by atoms with E-state index >= 15 is 0 Å². The molecule has 0 aliphatic carbocycles. The van der Waals surface area contributed by atoms with Gasteiger partial charge in [-0.1, -0.05) is 35.7 Å². The number of terminal acetylenes is 1. The lowest BCUT2D eigenvalue weighted by atomic mass is 10.00. The standard InChI is InChI=1S/C16H12O2/c1-3-12-6-9-15(17)14(10-12)16(18)13-7-4-11(2)5-8-13/h1,4-10,17H,2H3. The highest BCUT2D eigenvalue weighted by molar-refractivity contribution is 6.10. The predicted molar refractivity (Wildman–Crippen MR) is 70.7 cm³/mol. The first kappa shape index (κ1) is 11.9. The van der Waals surface area contributed by atoms with Crippen LogP contribution in [-0.4, -0.2) is 10.9 Å². The van der Waals surface area contributed by atoms with E-state index in [1.807, 2.05) is 19.1 Å². The number of aromatic hydroxyl groups is 1. The zero-order valence-corrected chi connectivity index (χ0v) is 9.97.